The van der Waals surface area contributed by atoms with Gasteiger partial charge < -0.3 is 15.8 Å². The Kier molecular flexibility index (Phi) is 6.03. The Morgan fingerprint density at radius 1 is 1.29 bits per heavy atom. The van der Waals surface area contributed by atoms with Crippen LogP contribution < -0.4 is 11.1 Å². The number of hydrogen-bond donors (Lipinski definition) is 2. The first kappa shape index (κ1) is 23.0. The van der Waals surface area contributed by atoms with E-state index in [1.54, 1.807) is 0 Å². The van der Waals surface area contributed by atoms with Gasteiger partial charge >= 0.3 is 6.18 Å². The maximum Gasteiger partial charge on any atom is 0.425 e. The maximum absolute atomic E-state index is 14.6. The summed E-state index contributed by atoms with van der Waals surface area (Å²) in [6.07, 6.45) is -6.92. The molecule has 0 bridgehead atoms. The molecular weight excluding hydrogens is 470 g/mol. The van der Waals surface area contributed by atoms with Crippen LogP contribution in [-0.4, -0.2) is 29.2 Å². The monoisotopic (exact) mass is 482 g/mol. The van der Waals surface area contributed by atoms with E-state index < -0.39 is 53.4 Å². The molecule has 166 valence electrons. The smallest absolute Gasteiger partial charge is 0.425 e. The van der Waals surface area contributed by atoms with Gasteiger partial charge in [-0.15, -0.1) is 0 Å². The average Bonchev–Trinajstić information content (AvgIpc) is 2.62. The summed E-state index contributed by atoms with van der Waals surface area (Å²) in [5, 5.41) is 2.33. The predicted molar refractivity (Wildman–Crippen MR) is 103 cm³/mol. The van der Waals surface area contributed by atoms with Gasteiger partial charge in [-0.25, -0.2) is 18.8 Å². The van der Waals surface area contributed by atoms with Crippen LogP contribution in [0.3, 0.4) is 0 Å². The predicted octanol–water partition coefficient (Wildman–Crippen LogP) is 4.80. The number of ether oxygens (including phenoxy) is 1. The minimum Gasteiger partial charge on any atom is -0.452 e. The van der Waals surface area contributed by atoms with Crippen LogP contribution in [0.2, 0.25) is 10.0 Å². The normalized spacial score (nSPS) is 21.3. The lowest BCUT2D eigenvalue weighted by molar-refractivity contribution is -0.208. The second kappa shape index (κ2) is 8.12. The molecule has 0 unspecified atom stereocenters. The average molecular weight is 483 g/mol. The zero-order valence-corrected chi connectivity index (χ0v) is 17.0. The number of nitrogens with zero attached hydrogens (tertiary/aromatic N) is 2. The molecule has 6 nitrogen and oxygen atoms in total. The van der Waals surface area contributed by atoms with Crippen LogP contribution in [0.1, 0.15) is 29.4 Å². The highest BCUT2D eigenvalue weighted by molar-refractivity contribution is 6.36. The number of nitrogens with one attached hydrogen (secondary N) is 1. The van der Waals surface area contributed by atoms with Gasteiger partial charge in [0.1, 0.15) is 5.69 Å². The van der Waals surface area contributed by atoms with E-state index in [-0.39, 0.29) is 21.4 Å². The molecular formula is C18H13Cl2F5N4O2. The Labute approximate surface area is 182 Å². The molecule has 3 rings (SSSR count). The molecule has 0 aliphatic carbocycles. The zero-order valence-electron chi connectivity index (χ0n) is 15.5. The van der Waals surface area contributed by atoms with Gasteiger partial charge in [0.05, 0.1) is 15.6 Å². The van der Waals surface area contributed by atoms with E-state index in [1.165, 1.54) is 6.07 Å². The molecule has 31 heavy (non-hydrogen) atoms. The van der Waals surface area contributed by atoms with Gasteiger partial charge in [-0.05, 0) is 19.1 Å². The molecule has 2 heterocycles. The fourth-order valence-electron chi connectivity index (χ4n) is 3.04. The van der Waals surface area contributed by atoms with Crippen molar-refractivity contribution < 1.29 is 31.5 Å². The molecule has 1 aliphatic heterocycles. The van der Waals surface area contributed by atoms with Crippen LogP contribution in [0.4, 0.5) is 27.6 Å². The summed E-state index contributed by atoms with van der Waals surface area (Å²) in [6.45, 7) is 1.14. The number of rotatable bonds is 3. The summed E-state index contributed by atoms with van der Waals surface area (Å²) >= 11 is 11.6. The first-order valence-corrected chi connectivity index (χ1v) is 9.26. The molecule has 3 N–H and O–H groups in total. The van der Waals surface area contributed by atoms with Crippen molar-refractivity contribution in [3.63, 3.8) is 0 Å². The molecule has 0 fully saturated rings. The standard InChI is InChI=1S/C18H13Cl2F5N4O2/c1-17(5-12(18(23,24)25)31-16(26)29-17)9-3-8(4-11(21)13(9)22)28-15(30)14-10(20)2-7(19)6-27-14/h2-4,6,12H,5H2,1H3,(H2,26,29)(H,28,30)/t12-,17-/m0/s1. The summed E-state index contributed by atoms with van der Waals surface area (Å²) in [6, 6.07) is 2.02. The Balaban J connectivity index is 1.99. The third-order valence-electron chi connectivity index (χ3n) is 4.46. The number of benzene rings is 1. The number of alkyl halides is 3. The van der Waals surface area contributed by atoms with Gasteiger partial charge in [0.15, 0.2) is 17.7 Å². The third-order valence-corrected chi connectivity index (χ3v) is 4.95. The number of carbonyl (C=O) groups is 1. The number of amidine groups is 1. The molecule has 0 radical (unpaired) electrons. The number of pyridine rings is 1. The van der Waals surface area contributed by atoms with Crippen molar-refractivity contribution >= 4 is 40.8 Å². The van der Waals surface area contributed by atoms with Gasteiger partial charge in [0, 0.05) is 29.9 Å². The molecule has 2 atom stereocenters. The van der Waals surface area contributed by atoms with E-state index in [2.05, 4.69) is 20.0 Å². The number of anilines is 1. The van der Waals surface area contributed by atoms with Crippen LogP contribution in [-0.2, 0) is 10.3 Å². The highest BCUT2D eigenvalue weighted by atomic mass is 35.5. The molecule has 0 saturated heterocycles. The SMILES string of the molecule is C[C@@]1(c2cc(NC(=O)c3ncc(Cl)cc3Cl)cc(F)c2F)C[C@@H](C(F)(F)F)OC(N)=N1. The highest BCUT2D eigenvalue weighted by Gasteiger charge is 2.50. The fourth-order valence-corrected chi connectivity index (χ4v) is 3.51. The minimum atomic E-state index is -4.82. The van der Waals surface area contributed by atoms with Gasteiger partial charge in [0.2, 0.25) is 0 Å². The van der Waals surface area contributed by atoms with Crippen LogP contribution in [0.15, 0.2) is 29.4 Å². The minimum absolute atomic E-state index is 0.102. The van der Waals surface area contributed by atoms with Crippen LogP contribution in [0.5, 0.6) is 0 Å². The summed E-state index contributed by atoms with van der Waals surface area (Å²) in [5.41, 5.74) is 2.35. The van der Waals surface area contributed by atoms with E-state index >= 15 is 0 Å². The van der Waals surface area contributed by atoms with Crippen molar-refractivity contribution in [1.29, 1.82) is 0 Å². The molecule has 1 amide bonds. The topological polar surface area (TPSA) is 89.6 Å². The molecule has 1 aromatic heterocycles. The van der Waals surface area contributed by atoms with Crippen molar-refractivity contribution in [2.24, 2.45) is 10.7 Å². The van der Waals surface area contributed by atoms with Crippen molar-refractivity contribution in [2.75, 3.05) is 5.32 Å². The van der Waals surface area contributed by atoms with Gasteiger partial charge in [0.25, 0.3) is 11.9 Å². The van der Waals surface area contributed by atoms with E-state index in [1.807, 2.05) is 0 Å². The fraction of sp³-hybridized carbons (Fsp3) is 0.278. The molecule has 0 saturated carbocycles. The number of hydrogen-bond acceptors (Lipinski definition) is 5. The van der Waals surface area contributed by atoms with Gasteiger partial charge in [-0.3, -0.25) is 4.79 Å². The maximum atomic E-state index is 14.6. The quantitative estimate of drug-likeness (QED) is 0.614. The van der Waals surface area contributed by atoms with Gasteiger partial charge in [-0.1, -0.05) is 23.2 Å². The second-order valence-electron chi connectivity index (χ2n) is 6.83. The van der Waals surface area contributed by atoms with Crippen molar-refractivity contribution in [2.45, 2.75) is 31.2 Å². The summed E-state index contributed by atoms with van der Waals surface area (Å²) in [5.74, 6) is -3.75. The van der Waals surface area contributed by atoms with Crippen LogP contribution in [0, 0.1) is 11.6 Å². The summed E-state index contributed by atoms with van der Waals surface area (Å²) < 4.78 is 72.8. The summed E-state index contributed by atoms with van der Waals surface area (Å²) in [4.78, 5) is 19.9. The van der Waals surface area contributed by atoms with Crippen molar-refractivity contribution in [1.82, 2.24) is 4.98 Å². The lowest BCUT2D eigenvalue weighted by atomic mass is 9.85. The molecule has 2 aromatic rings. The number of nitrogens with two attached hydrogens (primary N) is 1. The number of halogens is 7. The number of amides is 1. The molecule has 1 aromatic carbocycles. The Morgan fingerprint density at radius 2 is 1.97 bits per heavy atom. The Bertz CT molecular complexity index is 1080. The number of aliphatic imine (C=N–C) groups is 1. The molecule has 1 aliphatic rings. The Hall–Kier alpha value is -2.66. The Morgan fingerprint density at radius 3 is 2.58 bits per heavy atom. The second-order valence-corrected chi connectivity index (χ2v) is 7.68. The zero-order chi connectivity index (χ0) is 23.1. The summed E-state index contributed by atoms with van der Waals surface area (Å²) in [7, 11) is 0. The largest absolute Gasteiger partial charge is 0.452 e. The third kappa shape index (κ3) is 4.82. The van der Waals surface area contributed by atoms with Crippen molar-refractivity contribution in [3.05, 3.63) is 57.3 Å². The van der Waals surface area contributed by atoms with Crippen LogP contribution in [0.25, 0.3) is 0 Å². The lowest BCUT2D eigenvalue weighted by Gasteiger charge is -2.36. The van der Waals surface area contributed by atoms with E-state index in [4.69, 9.17) is 28.9 Å². The first-order valence-electron chi connectivity index (χ1n) is 8.51. The van der Waals surface area contributed by atoms with E-state index in [0.717, 1.165) is 19.2 Å². The van der Waals surface area contributed by atoms with Gasteiger partial charge in [-0.2, -0.15) is 13.2 Å². The first-order chi connectivity index (χ1) is 14.3. The van der Waals surface area contributed by atoms with Crippen LogP contribution >= 0.6 is 23.2 Å². The lowest BCUT2D eigenvalue weighted by Crippen LogP contribution is -2.46. The number of aromatic nitrogens is 1. The van der Waals surface area contributed by atoms with Crippen molar-refractivity contribution in [3.8, 4) is 0 Å². The molecule has 0 spiro atoms. The highest BCUT2D eigenvalue weighted by Crippen LogP contribution is 2.42. The van der Waals surface area contributed by atoms with E-state index in [0.29, 0.717) is 6.07 Å². The number of carbonyl (C=O) groups excluding carboxylic acids is 1. The molecule has 13 heteroatoms. The van der Waals surface area contributed by atoms with E-state index in [9.17, 15) is 26.7 Å².